The van der Waals surface area contributed by atoms with E-state index in [1.807, 2.05) is 0 Å². The van der Waals surface area contributed by atoms with Gasteiger partial charge < -0.3 is 94.4 Å². The highest BCUT2D eigenvalue weighted by molar-refractivity contribution is 6.10. The van der Waals surface area contributed by atoms with E-state index >= 15 is 0 Å². The lowest BCUT2D eigenvalue weighted by atomic mass is 9.70. The Morgan fingerprint density at radius 3 is 1.73 bits per heavy atom. The molecule has 8 atom stereocenters. The van der Waals surface area contributed by atoms with Crippen LogP contribution in [0.1, 0.15) is 66.3 Å². The number of fused-ring (bicyclic) bond motifs is 3. The molecule has 3 unspecified atom stereocenters. The van der Waals surface area contributed by atoms with Crippen molar-refractivity contribution in [1.29, 1.82) is 0 Å². The van der Waals surface area contributed by atoms with Gasteiger partial charge in [0.15, 0.2) is 75.3 Å². The number of rotatable bonds is 4. The van der Waals surface area contributed by atoms with Gasteiger partial charge in [-0.2, -0.15) is 0 Å². The largest absolute Gasteiger partial charge is 0.504 e. The summed E-state index contributed by atoms with van der Waals surface area (Å²) >= 11 is 0. The number of ether oxygens (including phenoxy) is 7. The summed E-state index contributed by atoms with van der Waals surface area (Å²) in [5.41, 5.74) is -10.1. The average Bonchev–Trinajstić information content (AvgIpc) is 3.71. The molecule has 26 heteroatoms. The van der Waals surface area contributed by atoms with Crippen LogP contribution in [0.2, 0.25) is 0 Å². The molecule has 70 heavy (non-hydrogen) atoms. The maximum absolute atomic E-state index is 14.8. The molecule has 4 aromatic rings. The van der Waals surface area contributed by atoms with Crippen LogP contribution in [0.5, 0.6) is 69.0 Å². The van der Waals surface area contributed by atoms with Gasteiger partial charge >= 0.3 is 29.8 Å². The van der Waals surface area contributed by atoms with Gasteiger partial charge in [-0.05, 0) is 43.3 Å². The molecule has 0 saturated carbocycles. The van der Waals surface area contributed by atoms with Crippen LogP contribution in [0.15, 0.2) is 42.0 Å². The molecular formula is C44H32O26. The number of ketones is 2. The van der Waals surface area contributed by atoms with Crippen molar-refractivity contribution < 1.29 is 128 Å². The van der Waals surface area contributed by atoms with Crippen LogP contribution < -0.4 is 4.74 Å². The Balaban J connectivity index is 1.29. The van der Waals surface area contributed by atoms with Gasteiger partial charge in [-0.1, -0.05) is 0 Å². The van der Waals surface area contributed by atoms with Crippen LogP contribution in [0.3, 0.4) is 0 Å². The molecule has 1 fully saturated rings. The molecule has 26 nitrogen and oxygen atoms in total. The molecule has 12 N–H and O–H groups in total. The zero-order chi connectivity index (χ0) is 50.7. The molecular weight excluding hydrogens is 944 g/mol. The Bertz CT molecular complexity index is 3090. The second kappa shape index (κ2) is 16.0. The van der Waals surface area contributed by atoms with E-state index < -0.39 is 216 Å². The molecule has 4 heterocycles. The van der Waals surface area contributed by atoms with Crippen molar-refractivity contribution in [2.24, 2.45) is 0 Å². The third kappa shape index (κ3) is 6.90. The Labute approximate surface area is 387 Å². The Morgan fingerprint density at radius 1 is 0.614 bits per heavy atom. The second-order valence-corrected chi connectivity index (χ2v) is 16.4. The first-order chi connectivity index (χ1) is 32.9. The molecule has 0 spiro atoms. The van der Waals surface area contributed by atoms with E-state index in [0.717, 1.165) is 6.92 Å². The third-order valence-electron chi connectivity index (χ3n) is 12.1. The molecule has 364 valence electrons. The lowest BCUT2D eigenvalue weighted by Crippen LogP contribution is -2.63. The molecule has 1 aliphatic carbocycles. The van der Waals surface area contributed by atoms with E-state index in [1.165, 1.54) is 0 Å². The summed E-state index contributed by atoms with van der Waals surface area (Å²) in [4.78, 5) is 98.3. The van der Waals surface area contributed by atoms with Crippen molar-refractivity contribution in [1.82, 2.24) is 0 Å². The van der Waals surface area contributed by atoms with E-state index in [0.29, 0.717) is 36.4 Å². The zero-order valence-electron chi connectivity index (χ0n) is 35.0. The van der Waals surface area contributed by atoms with E-state index in [2.05, 4.69) is 0 Å². The highest BCUT2D eigenvalue weighted by Crippen LogP contribution is 2.58. The normalized spacial score (nSPS) is 25.5. The number of aliphatic hydroxyl groups is 1. The molecule has 4 aliphatic heterocycles. The van der Waals surface area contributed by atoms with Gasteiger partial charge in [0, 0.05) is 23.1 Å². The Hall–Kier alpha value is -9.17. The average molecular weight is 977 g/mol. The summed E-state index contributed by atoms with van der Waals surface area (Å²) in [5, 5.41) is 129. The quantitative estimate of drug-likeness (QED) is 0.0757. The fourth-order valence-electron chi connectivity index (χ4n) is 8.86. The van der Waals surface area contributed by atoms with Crippen molar-refractivity contribution in [2.75, 3.05) is 6.61 Å². The van der Waals surface area contributed by atoms with Gasteiger partial charge in [-0.25, -0.2) is 24.0 Å². The summed E-state index contributed by atoms with van der Waals surface area (Å²) in [6, 6.07) is 2.65. The number of Topliss-reactive ketones (excluding diaryl/α,β-unsaturated/α-hetero) is 1. The predicted octanol–water partition coefficient (Wildman–Crippen LogP) is 0.608. The van der Waals surface area contributed by atoms with Gasteiger partial charge in [0.05, 0.1) is 33.7 Å². The maximum Gasteiger partial charge on any atom is 0.340 e. The number of hydrogen-bond donors (Lipinski definition) is 12. The van der Waals surface area contributed by atoms with Crippen LogP contribution in [0.25, 0.3) is 11.1 Å². The lowest BCUT2D eigenvalue weighted by molar-refractivity contribution is -0.287. The topological polar surface area (TPSA) is 427 Å². The molecule has 5 aliphatic rings. The van der Waals surface area contributed by atoms with E-state index in [9.17, 15) is 94.8 Å². The minimum atomic E-state index is -2.85. The number of hydrogen-bond acceptors (Lipinski definition) is 26. The van der Waals surface area contributed by atoms with Crippen molar-refractivity contribution in [3.05, 3.63) is 69.8 Å². The summed E-state index contributed by atoms with van der Waals surface area (Å²) in [6.07, 6.45) is -14.5. The first kappa shape index (κ1) is 46.0. The minimum absolute atomic E-state index is 0.398. The van der Waals surface area contributed by atoms with E-state index in [1.54, 1.807) is 0 Å². The zero-order valence-corrected chi connectivity index (χ0v) is 35.0. The SMILES string of the molecule is CC(=O)CC1(O)C(=O)C=C2C(=O)O[C@H]3[C@H](OC(=O)c4cc(O)c(O)c(O)c4)O[C@@H]4COC(=O)c5cc(O)c(O)c(O)c5-c5c(cc(O)c(O)c5O)C(=O)O[C@H]3[C@@H]4OC(=O)c3cc(O)c(O)c4c3C2C1O4. The number of cyclic esters (lactones) is 1. The number of carbonyl (C=O) groups excluding carboxylic acids is 7. The van der Waals surface area contributed by atoms with Crippen LogP contribution >= 0.6 is 0 Å². The third-order valence-corrected chi connectivity index (χ3v) is 12.1. The van der Waals surface area contributed by atoms with Crippen molar-refractivity contribution in [2.45, 2.75) is 61.7 Å². The minimum Gasteiger partial charge on any atom is -0.504 e. The summed E-state index contributed by atoms with van der Waals surface area (Å²) < 4.78 is 40.2. The standard InChI is InChI=1S/C44H32O26/c1-10(45)8-44(63)22(51)7-15-26-25-14(6-20(50)30(55)34(25)66-37(26)44)41(61)67-33-21-9-64-39(59)12-4-18(48)28(53)31(56)23(12)24-13(5-19(49)29(54)32(24)57)40(60)68-35(33)36(69-42(15)62)43(65-21)70-38(58)11-2-16(46)27(52)17(47)3-11/h2-7,21,26,33,35-37,43,46-50,52-57,63H,8-9H2,1H3/t21-,26?,33-,35+,36-,37?,43+,44?/m1/s1. The van der Waals surface area contributed by atoms with Crippen molar-refractivity contribution in [3.8, 4) is 80.1 Å². The van der Waals surface area contributed by atoms with Crippen molar-refractivity contribution >= 4 is 41.4 Å². The van der Waals surface area contributed by atoms with Crippen LogP contribution in [0, 0.1) is 0 Å². The van der Waals surface area contributed by atoms with E-state index in [-0.39, 0.29) is 0 Å². The Kier molecular flexibility index (Phi) is 10.5. The molecule has 1 saturated heterocycles. The number of phenolic OH excluding ortho intramolecular Hbond substituents is 11. The highest BCUT2D eigenvalue weighted by atomic mass is 16.7. The molecule has 4 aromatic carbocycles. The van der Waals surface area contributed by atoms with Crippen LogP contribution in [0.4, 0.5) is 0 Å². The number of aromatic hydroxyl groups is 11. The highest BCUT2D eigenvalue weighted by Gasteiger charge is 2.62. The number of carbonyl (C=O) groups is 7. The molecule has 9 rings (SSSR count). The number of benzene rings is 4. The maximum atomic E-state index is 14.8. The summed E-state index contributed by atoms with van der Waals surface area (Å²) in [5.74, 6) is -26.8. The van der Waals surface area contributed by atoms with E-state index in [4.69, 9.17) is 33.2 Å². The van der Waals surface area contributed by atoms with Gasteiger partial charge in [0.25, 0.3) is 0 Å². The van der Waals surface area contributed by atoms with Gasteiger partial charge in [-0.3, -0.25) is 9.59 Å². The number of phenols is 11. The molecule has 0 radical (unpaired) electrons. The summed E-state index contributed by atoms with van der Waals surface area (Å²) in [6.45, 7) is -0.256. The number of esters is 5. The monoisotopic (exact) mass is 976 g/mol. The van der Waals surface area contributed by atoms with Gasteiger partial charge in [0.2, 0.25) is 29.6 Å². The molecule has 0 amide bonds. The molecule has 0 aromatic heterocycles. The predicted molar refractivity (Wildman–Crippen MR) is 216 cm³/mol. The second-order valence-electron chi connectivity index (χ2n) is 16.4. The fourth-order valence-corrected chi connectivity index (χ4v) is 8.86. The first-order valence-electron chi connectivity index (χ1n) is 20.1. The molecule has 4 bridgehead atoms. The summed E-state index contributed by atoms with van der Waals surface area (Å²) in [7, 11) is 0. The van der Waals surface area contributed by atoms with Crippen LogP contribution in [-0.4, -0.2) is 152 Å². The smallest absolute Gasteiger partial charge is 0.340 e. The lowest BCUT2D eigenvalue weighted by Gasteiger charge is -2.44. The first-order valence-corrected chi connectivity index (χ1v) is 20.1. The van der Waals surface area contributed by atoms with Gasteiger partial charge in [-0.15, -0.1) is 0 Å². The van der Waals surface area contributed by atoms with Crippen LogP contribution in [-0.2, 0) is 42.8 Å². The Morgan fingerprint density at radius 2 is 1.13 bits per heavy atom. The fraction of sp³-hybridized carbons (Fsp3) is 0.250. The van der Waals surface area contributed by atoms with Gasteiger partial charge in [0.1, 0.15) is 24.6 Å². The van der Waals surface area contributed by atoms with Crippen molar-refractivity contribution in [3.63, 3.8) is 0 Å².